The summed E-state index contributed by atoms with van der Waals surface area (Å²) in [6.45, 7) is 4.83. The molecule has 0 aliphatic heterocycles. The molecule has 0 aliphatic carbocycles. The third-order valence-electron chi connectivity index (χ3n) is 4.70. The van der Waals surface area contributed by atoms with Crippen LogP contribution in [0, 0.1) is 11.3 Å². The van der Waals surface area contributed by atoms with Gasteiger partial charge in [-0.1, -0.05) is 84.6 Å². The van der Waals surface area contributed by atoms with Crippen LogP contribution in [0.15, 0.2) is 60.7 Å². The van der Waals surface area contributed by atoms with Crippen LogP contribution < -0.4 is 5.32 Å². The minimum atomic E-state index is -0.660. The molecule has 0 spiro atoms. The van der Waals surface area contributed by atoms with Crippen molar-refractivity contribution in [3.8, 4) is 6.07 Å². The molecule has 0 amide bonds. The Morgan fingerprint density at radius 2 is 1.67 bits per heavy atom. The van der Waals surface area contributed by atoms with E-state index in [0.717, 1.165) is 40.8 Å². The van der Waals surface area contributed by atoms with Crippen molar-refractivity contribution in [1.82, 2.24) is 10.2 Å². The topological polar surface area (TPSA) is 39.1 Å². The van der Waals surface area contributed by atoms with E-state index in [0.29, 0.717) is 6.42 Å². The van der Waals surface area contributed by atoms with E-state index in [1.807, 2.05) is 67.7 Å². The number of hydrogen-bond acceptors (Lipinski definition) is 4. The van der Waals surface area contributed by atoms with Crippen molar-refractivity contribution in [1.29, 1.82) is 5.26 Å². The zero-order chi connectivity index (χ0) is 19.5. The van der Waals surface area contributed by atoms with Crippen LogP contribution in [0.1, 0.15) is 24.5 Å². The quantitative estimate of drug-likeness (QED) is 0.633. The maximum atomic E-state index is 10.2. The van der Waals surface area contributed by atoms with Crippen LogP contribution >= 0.6 is 24.0 Å². The fourth-order valence-electron chi connectivity index (χ4n) is 3.09. The Morgan fingerprint density at radius 3 is 2.11 bits per heavy atom. The number of thiocarbonyl (C=S) groups is 1. The molecule has 0 saturated heterocycles. The van der Waals surface area contributed by atoms with Crippen molar-refractivity contribution in [2.75, 3.05) is 32.4 Å². The van der Waals surface area contributed by atoms with Gasteiger partial charge in [0.2, 0.25) is 0 Å². The van der Waals surface area contributed by atoms with Gasteiger partial charge in [-0.3, -0.25) is 0 Å². The third kappa shape index (κ3) is 5.55. The average Bonchev–Trinajstić information content (AvgIpc) is 2.73. The number of nitrogens with zero attached hydrogens (tertiary/aromatic N) is 2. The predicted octanol–water partition coefficient (Wildman–Crippen LogP) is 4.45. The lowest BCUT2D eigenvalue weighted by Gasteiger charge is -2.29. The lowest BCUT2D eigenvalue weighted by Crippen LogP contribution is -2.34. The summed E-state index contributed by atoms with van der Waals surface area (Å²) in [5, 5.41) is 13.4. The number of nitriles is 1. The zero-order valence-electron chi connectivity index (χ0n) is 16.0. The van der Waals surface area contributed by atoms with Gasteiger partial charge in [-0.15, -0.1) is 0 Å². The number of nitrogens with one attached hydrogen (secondary N) is 1. The molecule has 27 heavy (non-hydrogen) atoms. The van der Waals surface area contributed by atoms with E-state index in [-0.39, 0.29) is 0 Å². The van der Waals surface area contributed by atoms with Crippen LogP contribution in [0.3, 0.4) is 0 Å². The molecule has 0 fully saturated rings. The molecule has 0 atom stereocenters. The van der Waals surface area contributed by atoms with Crippen molar-refractivity contribution >= 4 is 28.3 Å². The monoisotopic (exact) mass is 397 g/mol. The van der Waals surface area contributed by atoms with E-state index in [9.17, 15) is 5.26 Å². The molecule has 0 aromatic heterocycles. The molecule has 0 saturated carbocycles. The molecule has 0 radical (unpaired) electrons. The first kappa shape index (κ1) is 21.4. The van der Waals surface area contributed by atoms with Crippen LogP contribution in [-0.2, 0) is 5.41 Å². The number of likely N-dealkylation sites (N-methyl/N-ethyl adjacent to an activating group) is 2. The van der Waals surface area contributed by atoms with Crippen LogP contribution in [0.5, 0.6) is 0 Å². The van der Waals surface area contributed by atoms with Gasteiger partial charge in [-0.2, -0.15) is 5.26 Å². The summed E-state index contributed by atoms with van der Waals surface area (Å²) in [7, 11) is 1.95. The first-order valence-electron chi connectivity index (χ1n) is 9.26. The van der Waals surface area contributed by atoms with Crippen LogP contribution in [0.4, 0.5) is 0 Å². The van der Waals surface area contributed by atoms with Crippen molar-refractivity contribution in [2.45, 2.75) is 18.8 Å². The van der Waals surface area contributed by atoms with Gasteiger partial charge >= 0.3 is 0 Å². The highest BCUT2D eigenvalue weighted by atomic mass is 32.2. The molecule has 2 rings (SSSR count). The maximum absolute atomic E-state index is 10.2. The molecule has 0 unspecified atom stereocenters. The first-order valence-corrected chi connectivity index (χ1v) is 10.7. The molecular weight excluding hydrogens is 370 g/mol. The van der Waals surface area contributed by atoms with Gasteiger partial charge in [0.15, 0.2) is 0 Å². The molecule has 2 aromatic rings. The van der Waals surface area contributed by atoms with E-state index in [2.05, 4.69) is 23.2 Å². The van der Waals surface area contributed by atoms with E-state index >= 15 is 0 Å². The molecule has 3 nitrogen and oxygen atoms in total. The largest absolute Gasteiger partial charge is 0.357 e. The van der Waals surface area contributed by atoms with Crippen molar-refractivity contribution in [3.05, 3.63) is 71.8 Å². The van der Waals surface area contributed by atoms with Crippen molar-refractivity contribution in [3.63, 3.8) is 0 Å². The summed E-state index contributed by atoms with van der Waals surface area (Å²) >= 11 is 7.29. The van der Waals surface area contributed by atoms with Crippen LogP contribution in [-0.4, -0.2) is 41.7 Å². The lowest BCUT2D eigenvalue weighted by atomic mass is 9.74. The summed E-state index contributed by atoms with van der Waals surface area (Å²) in [4.78, 5) is 2.20. The first-order chi connectivity index (χ1) is 13.2. The van der Waals surface area contributed by atoms with E-state index in [4.69, 9.17) is 12.2 Å². The standard InChI is InChI=1S/C22H27N3S2/c1-3-25(16-15-24-2)21(26)27-17-14-22(18-23,19-10-6-4-7-11-19)20-12-8-5-9-13-20/h4-13,24H,3,14-17H2,1-2H3. The number of thioether (sulfide) groups is 1. The summed E-state index contributed by atoms with van der Waals surface area (Å²) in [5.41, 5.74) is 1.41. The molecule has 0 aliphatic rings. The van der Waals surface area contributed by atoms with Gasteiger partial charge in [-0.25, -0.2) is 0 Å². The fourth-order valence-corrected chi connectivity index (χ4v) is 4.55. The second-order valence-electron chi connectivity index (χ2n) is 6.30. The Kier molecular flexibility index (Phi) is 8.80. The second kappa shape index (κ2) is 11.1. The summed E-state index contributed by atoms with van der Waals surface area (Å²) in [6, 6.07) is 22.8. The zero-order valence-corrected chi connectivity index (χ0v) is 17.7. The summed E-state index contributed by atoms with van der Waals surface area (Å²) in [6.07, 6.45) is 0.714. The second-order valence-corrected chi connectivity index (χ2v) is 8.03. The SMILES string of the molecule is CCN(CCNC)C(=S)SCCC(C#N)(c1ccccc1)c1ccccc1. The minimum Gasteiger partial charge on any atom is -0.357 e. The normalized spacial score (nSPS) is 11.0. The highest BCUT2D eigenvalue weighted by molar-refractivity contribution is 8.22. The molecular formula is C22H27N3S2. The highest BCUT2D eigenvalue weighted by Crippen LogP contribution is 2.36. The fraction of sp³-hybridized carbons (Fsp3) is 0.364. The summed E-state index contributed by atoms with van der Waals surface area (Å²) < 4.78 is 0.903. The van der Waals surface area contributed by atoms with E-state index < -0.39 is 5.41 Å². The van der Waals surface area contributed by atoms with Crippen LogP contribution in [0.25, 0.3) is 0 Å². The predicted molar refractivity (Wildman–Crippen MR) is 120 cm³/mol. The number of rotatable bonds is 9. The third-order valence-corrected chi connectivity index (χ3v) is 6.22. The Morgan fingerprint density at radius 1 is 1.11 bits per heavy atom. The van der Waals surface area contributed by atoms with Gasteiger partial charge in [0.25, 0.3) is 0 Å². The molecule has 0 heterocycles. The average molecular weight is 398 g/mol. The Balaban J connectivity index is 2.17. The summed E-state index contributed by atoms with van der Waals surface area (Å²) in [5.74, 6) is 0.798. The number of hydrogen-bond donors (Lipinski definition) is 1. The Labute approximate surface area is 172 Å². The van der Waals surface area contributed by atoms with Crippen molar-refractivity contribution in [2.24, 2.45) is 0 Å². The maximum Gasteiger partial charge on any atom is 0.136 e. The van der Waals surface area contributed by atoms with Crippen molar-refractivity contribution < 1.29 is 0 Å². The molecule has 1 N–H and O–H groups in total. The molecule has 2 aromatic carbocycles. The molecule has 0 bridgehead atoms. The van der Waals surface area contributed by atoms with Crippen LogP contribution in [0.2, 0.25) is 0 Å². The minimum absolute atomic E-state index is 0.660. The Hall–Kier alpha value is -1.87. The molecule has 5 heteroatoms. The van der Waals surface area contributed by atoms with Gasteiger partial charge in [-0.05, 0) is 31.5 Å². The van der Waals surface area contributed by atoms with E-state index in [1.54, 1.807) is 11.8 Å². The number of benzene rings is 2. The highest BCUT2D eigenvalue weighted by Gasteiger charge is 2.34. The smallest absolute Gasteiger partial charge is 0.136 e. The van der Waals surface area contributed by atoms with Gasteiger partial charge in [0, 0.05) is 25.4 Å². The molecule has 142 valence electrons. The van der Waals surface area contributed by atoms with Gasteiger partial charge in [0.05, 0.1) is 6.07 Å². The lowest BCUT2D eigenvalue weighted by molar-refractivity contribution is 0.451. The van der Waals surface area contributed by atoms with Gasteiger partial charge in [0.1, 0.15) is 9.74 Å². The van der Waals surface area contributed by atoms with Gasteiger partial charge < -0.3 is 10.2 Å². The van der Waals surface area contributed by atoms with E-state index in [1.165, 1.54) is 0 Å². The Bertz CT molecular complexity index is 702.